The summed E-state index contributed by atoms with van der Waals surface area (Å²) in [6, 6.07) is 7.56. The molecular formula is C12H16BrN3O2. The molecule has 6 heteroatoms. The van der Waals surface area contributed by atoms with E-state index in [-0.39, 0.29) is 30.9 Å². The zero-order chi connectivity index (χ0) is 13.5. The zero-order valence-electron chi connectivity index (χ0n) is 10.1. The van der Waals surface area contributed by atoms with Crippen LogP contribution < -0.4 is 16.4 Å². The minimum Gasteiger partial charge on any atom is -0.348 e. The van der Waals surface area contributed by atoms with Crippen LogP contribution in [0.5, 0.6) is 0 Å². The van der Waals surface area contributed by atoms with Crippen LogP contribution in [0.1, 0.15) is 18.5 Å². The molecule has 1 aromatic carbocycles. The van der Waals surface area contributed by atoms with Gasteiger partial charge in [0.2, 0.25) is 11.8 Å². The first-order chi connectivity index (χ1) is 8.52. The largest absolute Gasteiger partial charge is 0.348 e. The fraction of sp³-hybridized carbons (Fsp3) is 0.333. The highest BCUT2D eigenvalue weighted by Gasteiger charge is 2.09. The van der Waals surface area contributed by atoms with Crippen molar-refractivity contribution in [2.75, 3.05) is 13.1 Å². The lowest BCUT2D eigenvalue weighted by molar-refractivity contribution is -0.125. The molecule has 0 bridgehead atoms. The van der Waals surface area contributed by atoms with Gasteiger partial charge < -0.3 is 16.4 Å². The van der Waals surface area contributed by atoms with Gasteiger partial charge in [-0.15, -0.1) is 0 Å². The number of carbonyl (C=O) groups excluding carboxylic acids is 2. The van der Waals surface area contributed by atoms with Crippen LogP contribution in [0.4, 0.5) is 0 Å². The maximum absolute atomic E-state index is 11.5. The standard InChI is InChI=1S/C12H16BrN3O2/c1-8(9-2-4-10(13)5-3-9)16-12(18)7-15-11(17)6-14/h2-5,8H,6-7,14H2,1H3,(H,15,17)(H,16,18)/t8-/m1/s1. The van der Waals surface area contributed by atoms with Crippen molar-refractivity contribution in [3.63, 3.8) is 0 Å². The number of nitrogens with one attached hydrogen (secondary N) is 2. The smallest absolute Gasteiger partial charge is 0.239 e. The molecule has 2 amide bonds. The molecule has 18 heavy (non-hydrogen) atoms. The Bertz CT molecular complexity index is 420. The van der Waals surface area contributed by atoms with Gasteiger partial charge in [-0.1, -0.05) is 28.1 Å². The Morgan fingerprint density at radius 1 is 1.28 bits per heavy atom. The van der Waals surface area contributed by atoms with Gasteiger partial charge in [0.05, 0.1) is 19.1 Å². The van der Waals surface area contributed by atoms with Crippen molar-refractivity contribution >= 4 is 27.7 Å². The van der Waals surface area contributed by atoms with Crippen LogP contribution in [0.2, 0.25) is 0 Å². The molecule has 0 aromatic heterocycles. The van der Waals surface area contributed by atoms with Crippen LogP contribution in [0.15, 0.2) is 28.7 Å². The molecule has 0 unspecified atom stereocenters. The third-order valence-corrected chi connectivity index (χ3v) is 2.91. The summed E-state index contributed by atoms with van der Waals surface area (Å²) in [6.45, 7) is 1.71. The maximum Gasteiger partial charge on any atom is 0.239 e. The number of carbonyl (C=O) groups is 2. The van der Waals surface area contributed by atoms with Gasteiger partial charge in [-0.2, -0.15) is 0 Å². The van der Waals surface area contributed by atoms with Crippen LogP contribution in [-0.4, -0.2) is 24.9 Å². The van der Waals surface area contributed by atoms with Gasteiger partial charge >= 0.3 is 0 Å². The molecule has 1 atom stereocenters. The number of hydrogen-bond acceptors (Lipinski definition) is 3. The Kier molecular flexibility index (Phi) is 5.80. The van der Waals surface area contributed by atoms with Gasteiger partial charge in [-0.05, 0) is 24.6 Å². The van der Waals surface area contributed by atoms with E-state index in [2.05, 4.69) is 26.6 Å². The summed E-state index contributed by atoms with van der Waals surface area (Å²) in [5.74, 6) is -0.589. The monoisotopic (exact) mass is 313 g/mol. The summed E-state index contributed by atoms with van der Waals surface area (Å²) in [7, 11) is 0. The van der Waals surface area contributed by atoms with Gasteiger partial charge in [0.15, 0.2) is 0 Å². The van der Waals surface area contributed by atoms with E-state index in [0.717, 1.165) is 10.0 Å². The number of benzene rings is 1. The lowest BCUT2D eigenvalue weighted by atomic mass is 10.1. The minimum absolute atomic E-state index is 0.0586. The van der Waals surface area contributed by atoms with Crippen LogP contribution >= 0.6 is 15.9 Å². The third kappa shape index (κ3) is 4.85. The van der Waals surface area contributed by atoms with Crippen molar-refractivity contribution in [1.29, 1.82) is 0 Å². The highest BCUT2D eigenvalue weighted by molar-refractivity contribution is 9.10. The minimum atomic E-state index is -0.346. The fourth-order valence-electron chi connectivity index (χ4n) is 1.38. The molecule has 98 valence electrons. The second-order valence-electron chi connectivity index (χ2n) is 3.82. The van der Waals surface area contributed by atoms with Gasteiger partial charge in [0, 0.05) is 4.47 Å². The first-order valence-electron chi connectivity index (χ1n) is 5.54. The average Bonchev–Trinajstić information content (AvgIpc) is 2.36. The first kappa shape index (κ1) is 14.7. The molecule has 1 aromatic rings. The summed E-state index contributed by atoms with van der Waals surface area (Å²) in [5.41, 5.74) is 6.11. The molecule has 0 saturated heterocycles. The predicted molar refractivity (Wildman–Crippen MR) is 72.8 cm³/mol. The van der Waals surface area contributed by atoms with Gasteiger partial charge in [-0.3, -0.25) is 9.59 Å². The number of amides is 2. The van der Waals surface area contributed by atoms with Crippen molar-refractivity contribution in [2.24, 2.45) is 5.73 Å². The average molecular weight is 314 g/mol. The molecule has 0 aliphatic rings. The van der Waals surface area contributed by atoms with E-state index in [9.17, 15) is 9.59 Å². The molecule has 0 aliphatic heterocycles. The van der Waals surface area contributed by atoms with Crippen molar-refractivity contribution in [1.82, 2.24) is 10.6 Å². The molecule has 1 rings (SSSR count). The Morgan fingerprint density at radius 2 is 1.89 bits per heavy atom. The molecule has 4 N–H and O–H groups in total. The summed E-state index contributed by atoms with van der Waals surface area (Å²) in [5, 5.41) is 5.20. The van der Waals surface area contributed by atoms with E-state index >= 15 is 0 Å². The van der Waals surface area contributed by atoms with Gasteiger partial charge in [-0.25, -0.2) is 0 Å². The topological polar surface area (TPSA) is 84.2 Å². The number of rotatable bonds is 5. The van der Waals surface area contributed by atoms with E-state index in [1.165, 1.54) is 0 Å². The summed E-state index contributed by atoms with van der Waals surface area (Å²) >= 11 is 3.35. The van der Waals surface area contributed by atoms with Crippen LogP contribution in [0.25, 0.3) is 0 Å². The van der Waals surface area contributed by atoms with Crippen LogP contribution in [0.3, 0.4) is 0 Å². The normalized spacial score (nSPS) is 11.7. The highest BCUT2D eigenvalue weighted by Crippen LogP contribution is 2.16. The zero-order valence-corrected chi connectivity index (χ0v) is 11.7. The first-order valence-corrected chi connectivity index (χ1v) is 6.34. The predicted octanol–water partition coefficient (Wildman–Crippen LogP) is 0.701. The van der Waals surface area contributed by atoms with E-state index in [4.69, 9.17) is 5.73 Å². The Hall–Kier alpha value is -1.40. The van der Waals surface area contributed by atoms with Crippen LogP contribution in [-0.2, 0) is 9.59 Å². The Morgan fingerprint density at radius 3 is 2.44 bits per heavy atom. The summed E-state index contributed by atoms with van der Waals surface area (Å²) < 4.78 is 0.986. The fourth-order valence-corrected chi connectivity index (χ4v) is 1.64. The SMILES string of the molecule is C[C@@H](NC(=O)CNC(=O)CN)c1ccc(Br)cc1. The Balaban J connectivity index is 2.44. The highest BCUT2D eigenvalue weighted by atomic mass is 79.9. The molecule has 0 saturated carbocycles. The molecule has 0 fully saturated rings. The molecule has 0 spiro atoms. The maximum atomic E-state index is 11.5. The van der Waals surface area contributed by atoms with Crippen molar-refractivity contribution in [3.8, 4) is 0 Å². The van der Waals surface area contributed by atoms with Crippen molar-refractivity contribution in [3.05, 3.63) is 34.3 Å². The molecule has 0 radical (unpaired) electrons. The van der Waals surface area contributed by atoms with E-state index in [1.807, 2.05) is 31.2 Å². The second kappa shape index (κ2) is 7.13. The molecular weight excluding hydrogens is 298 g/mol. The van der Waals surface area contributed by atoms with Crippen molar-refractivity contribution < 1.29 is 9.59 Å². The van der Waals surface area contributed by atoms with E-state index in [0.29, 0.717) is 0 Å². The summed E-state index contributed by atoms with van der Waals surface area (Å²) in [6.07, 6.45) is 0. The lowest BCUT2D eigenvalue weighted by Gasteiger charge is -2.14. The van der Waals surface area contributed by atoms with E-state index in [1.54, 1.807) is 0 Å². The van der Waals surface area contributed by atoms with Gasteiger partial charge in [0.1, 0.15) is 0 Å². The molecule has 5 nitrogen and oxygen atoms in total. The van der Waals surface area contributed by atoms with Crippen LogP contribution in [0, 0.1) is 0 Å². The number of halogens is 1. The lowest BCUT2D eigenvalue weighted by Crippen LogP contribution is -2.40. The number of nitrogens with two attached hydrogens (primary N) is 1. The quantitative estimate of drug-likeness (QED) is 0.748. The molecule has 0 heterocycles. The second-order valence-corrected chi connectivity index (χ2v) is 4.74. The van der Waals surface area contributed by atoms with Crippen molar-refractivity contribution in [2.45, 2.75) is 13.0 Å². The number of hydrogen-bond donors (Lipinski definition) is 3. The summed E-state index contributed by atoms with van der Waals surface area (Å²) in [4.78, 5) is 22.4. The van der Waals surface area contributed by atoms with E-state index < -0.39 is 0 Å². The van der Waals surface area contributed by atoms with Gasteiger partial charge in [0.25, 0.3) is 0 Å². The third-order valence-electron chi connectivity index (χ3n) is 2.38. The molecule has 0 aliphatic carbocycles. The Labute approximate surface area is 114 Å².